The average molecular weight is 399 g/mol. The zero-order valence-electron chi connectivity index (χ0n) is 11.1. The second-order valence-corrected chi connectivity index (χ2v) is 5.98. The Morgan fingerprint density at radius 3 is 2.52 bits per heavy atom. The third-order valence-electron chi connectivity index (χ3n) is 3.50. The van der Waals surface area contributed by atoms with Crippen molar-refractivity contribution in [2.45, 2.75) is 13.0 Å². The number of aromatic nitrogens is 2. The SMILES string of the molecule is CC(c1ccc(F)cc1)n1c(N)nc2cc(I)c(F)cc21. The third-order valence-corrected chi connectivity index (χ3v) is 4.33. The van der Waals surface area contributed by atoms with Gasteiger partial charge in [-0.15, -0.1) is 0 Å². The summed E-state index contributed by atoms with van der Waals surface area (Å²) in [7, 11) is 0. The average Bonchev–Trinajstić information content (AvgIpc) is 2.75. The van der Waals surface area contributed by atoms with E-state index in [-0.39, 0.29) is 17.7 Å². The highest BCUT2D eigenvalue weighted by atomic mass is 127. The number of hydrogen-bond donors (Lipinski definition) is 1. The van der Waals surface area contributed by atoms with Gasteiger partial charge in [0.2, 0.25) is 5.95 Å². The molecule has 0 aliphatic rings. The Morgan fingerprint density at radius 2 is 1.86 bits per heavy atom. The van der Waals surface area contributed by atoms with Gasteiger partial charge in [-0.25, -0.2) is 13.8 Å². The first-order valence-corrected chi connectivity index (χ1v) is 7.43. The molecule has 0 spiro atoms. The number of nitrogens with two attached hydrogens (primary N) is 1. The van der Waals surface area contributed by atoms with Gasteiger partial charge in [-0.1, -0.05) is 12.1 Å². The zero-order valence-corrected chi connectivity index (χ0v) is 13.3. The molecule has 2 N–H and O–H groups in total. The predicted octanol–water partition coefficient (Wildman–Crippen LogP) is 4.11. The first kappa shape index (κ1) is 14.2. The molecule has 1 aromatic heterocycles. The first-order valence-electron chi connectivity index (χ1n) is 6.35. The van der Waals surface area contributed by atoms with Crippen molar-refractivity contribution >= 4 is 39.6 Å². The minimum absolute atomic E-state index is 0.171. The second kappa shape index (κ2) is 5.25. The van der Waals surface area contributed by atoms with E-state index in [1.165, 1.54) is 18.2 Å². The van der Waals surface area contributed by atoms with E-state index in [4.69, 9.17) is 5.73 Å². The van der Waals surface area contributed by atoms with Crippen LogP contribution in [0.15, 0.2) is 36.4 Å². The lowest BCUT2D eigenvalue weighted by Crippen LogP contribution is -2.10. The van der Waals surface area contributed by atoms with Gasteiger partial charge in [-0.2, -0.15) is 0 Å². The Labute approximate surface area is 133 Å². The van der Waals surface area contributed by atoms with E-state index < -0.39 is 0 Å². The molecule has 0 saturated carbocycles. The molecule has 0 aliphatic heterocycles. The topological polar surface area (TPSA) is 43.8 Å². The molecule has 0 fully saturated rings. The van der Waals surface area contributed by atoms with Crippen LogP contribution in [0.25, 0.3) is 11.0 Å². The van der Waals surface area contributed by atoms with E-state index >= 15 is 0 Å². The van der Waals surface area contributed by atoms with Crippen LogP contribution in [0.4, 0.5) is 14.7 Å². The normalized spacial score (nSPS) is 12.8. The van der Waals surface area contributed by atoms with Gasteiger partial charge >= 0.3 is 0 Å². The summed E-state index contributed by atoms with van der Waals surface area (Å²) < 4.78 is 29.1. The van der Waals surface area contributed by atoms with Gasteiger partial charge in [-0.05, 0) is 53.3 Å². The molecule has 3 aromatic rings. The zero-order chi connectivity index (χ0) is 15.1. The van der Waals surface area contributed by atoms with Crippen molar-refractivity contribution < 1.29 is 8.78 Å². The van der Waals surface area contributed by atoms with E-state index in [2.05, 4.69) is 4.98 Å². The lowest BCUT2D eigenvalue weighted by Gasteiger charge is -2.16. The smallest absolute Gasteiger partial charge is 0.201 e. The van der Waals surface area contributed by atoms with Crippen molar-refractivity contribution in [2.24, 2.45) is 0 Å². The number of nitrogen functional groups attached to an aromatic ring is 1. The quantitative estimate of drug-likeness (QED) is 0.660. The number of rotatable bonds is 2. The molecule has 21 heavy (non-hydrogen) atoms. The fraction of sp³-hybridized carbons (Fsp3) is 0.133. The molecule has 3 nitrogen and oxygen atoms in total. The van der Waals surface area contributed by atoms with Gasteiger partial charge in [0, 0.05) is 6.07 Å². The van der Waals surface area contributed by atoms with Gasteiger partial charge in [0.15, 0.2) is 0 Å². The Morgan fingerprint density at radius 1 is 1.19 bits per heavy atom. The summed E-state index contributed by atoms with van der Waals surface area (Å²) in [4.78, 5) is 4.27. The monoisotopic (exact) mass is 399 g/mol. The number of imidazole rings is 1. The summed E-state index contributed by atoms with van der Waals surface area (Å²) in [5.74, 6) is -0.297. The highest BCUT2D eigenvalue weighted by molar-refractivity contribution is 14.1. The summed E-state index contributed by atoms with van der Waals surface area (Å²) in [6, 6.07) is 9.09. The molecule has 0 aliphatic carbocycles. The minimum atomic E-state index is -0.310. The van der Waals surface area contributed by atoms with E-state index in [1.54, 1.807) is 22.8 Å². The van der Waals surface area contributed by atoms with Crippen LogP contribution in [0.2, 0.25) is 0 Å². The predicted molar refractivity (Wildman–Crippen MR) is 87.0 cm³/mol. The minimum Gasteiger partial charge on any atom is -0.369 e. The number of nitrogens with zero attached hydrogens (tertiary/aromatic N) is 2. The van der Waals surface area contributed by atoms with E-state index in [1.807, 2.05) is 29.5 Å². The summed E-state index contributed by atoms with van der Waals surface area (Å²) in [5, 5.41) is 0. The van der Waals surface area contributed by atoms with Gasteiger partial charge < -0.3 is 10.3 Å². The molecule has 1 unspecified atom stereocenters. The van der Waals surface area contributed by atoms with Crippen LogP contribution >= 0.6 is 22.6 Å². The Hall–Kier alpha value is -1.70. The van der Waals surface area contributed by atoms with Crippen LogP contribution in [0.5, 0.6) is 0 Å². The molecule has 1 heterocycles. The number of fused-ring (bicyclic) bond motifs is 1. The van der Waals surface area contributed by atoms with Crippen LogP contribution < -0.4 is 5.73 Å². The highest BCUT2D eigenvalue weighted by Crippen LogP contribution is 2.29. The number of hydrogen-bond acceptors (Lipinski definition) is 2. The van der Waals surface area contributed by atoms with E-state index in [0.29, 0.717) is 20.6 Å². The standard InChI is InChI=1S/C15H12F2IN3/c1-8(9-2-4-10(16)5-3-9)21-14-6-11(17)12(18)7-13(14)20-15(21)19/h2-8H,1H3,(H2,19,20). The molecule has 0 amide bonds. The molecule has 3 rings (SSSR count). The first-order chi connectivity index (χ1) is 9.97. The molecule has 2 aromatic carbocycles. The van der Waals surface area contributed by atoms with Crippen LogP contribution in [-0.2, 0) is 0 Å². The molecule has 6 heteroatoms. The maximum atomic E-state index is 13.8. The van der Waals surface area contributed by atoms with Crippen molar-refractivity contribution in [1.82, 2.24) is 9.55 Å². The van der Waals surface area contributed by atoms with Crippen molar-refractivity contribution in [3.05, 3.63) is 57.2 Å². The van der Waals surface area contributed by atoms with Crippen LogP contribution in [0, 0.1) is 15.2 Å². The fourth-order valence-corrected chi connectivity index (χ4v) is 2.86. The Kier molecular flexibility index (Phi) is 3.56. The molecule has 1 atom stereocenters. The maximum Gasteiger partial charge on any atom is 0.201 e. The van der Waals surface area contributed by atoms with Gasteiger partial charge in [0.25, 0.3) is 0 Å². The molecule has 108 valence electrons. The molecule has 0 saturated heterocycles. The number of halogens is 3. The van der Waals surface area contributed by atoms with E-state index in [9.17, 15) is 8.78 Å². The number of benzene rings is 2. The maximum absolute atomic E-state index is 13.8. The van der Waals surface area contributed by atoms with Gasteiger partial charge in [-0.3, -0.25) is 0 Å². The van der Waals surface area contributed by atoms with Gasteiger partial charge in [0.05, 0.1) is 20.6 Å². The Bertz CT molecular complexity index is 812. The van der Waals surface area contributed by atoms with Crippen LogP contribution in [0.1, 0.15) is 18.5 Å². The van der Waals surface area contributed by atoms with Gasteiger partial charge in [0.1, 0.15) is 11.6 Å². The lowest BCUT2D eigenvalue weighted by atomic mass is 10.1. The highest BCUT2D eigenvalue weighted by Gasteiger charge is 2.17. The van der Waals surface area contributed by atoms with E-state index in [0.717, 1.165) is 5.56 Å². The number of anilines is 1. The molecule has 0 radical (unpaired) electrons. The van der Waals surface area contributed by atoms with Crippen molar-refractivity contribution in [1.29, 1.82) is 0 Å². The summed E-state index contributed by atoms with van der Waals surface area (Å²) in [6.07, 6.45) is 0. The van der Waals surface area contributed by atoms with Crippen LogP contribution in [0.3, 0.4) is 0 Å². The second-order valence-electron chi connectivity index (χ2n) is 4.82. The van der Waals surface area contributed by atoms with Crippen molar-refractivity contribution in [3.8, 4) is 0 Å². The largest absolute Gasteiger partial charge is 0.369 e. The summed E-state index contributed by atoms with van der Waals surface area (Å²) in [6.45, 7) is 1.92. The Balaban J connectivity index is 2.17. The van der Waals surface area contributed by atoms with Crippen molar-refractivity contribution in [2.75, 3.05) is 5.73 Å². The fourth-order valence-electron chi connectivity index (χ4n) is 2.41. The molecule has 0 bridgehead atoms. The molecular weight excluding hydrogens is 387 g/mol. The summed E-state index contributed by atoms with van der Waals surface area (Å²) >= 11 is 1.92. The third kappa shape index (κ3) is 2.48. The van der Waals surface area contributed by atoms with Crippen molar-refractivity contribution in [3.63, 3.8) is 0 Å². The summed E-state index contributed by atoms with van der Waals surface area (Å²) in [5.41, 5.74) is 8.12. The lowest BCUT2D eigenvalue weighted by molar-refractivity contribution is 0.615. The van der Waals surface area contributed by atoms with Crippen LogP contribution in [-0.4, -0.2) is 9.55 Å². The molecular formula is C15H12F2IN3.